The fourth-order valence-corrected chi connectivity index (χ4v) is 3.50. The second-order valence-electron chi connectivity index (χ2n) is 6.13. The summed E-state index contributed by atoms with van der Waals surface area (Å²) in [4.78, 5) is 8.81. The molecule has 0 aliphatic heterocycles. The summed E-state index contributed by atoms with van der Waals surface area (Å²) in [6, 6.07) is 16.1. The summed E-state index contributed by atoms with van der Waals surface area (Å²) in [6.07, 6.45) is 6.56. The third kappa shape index (κ3) is 3.18. The number of hydrogen-bond donors (Lipinski definition) is 0. The maximum Gasteiger partial charge on any atom is 0.175 e. The van der Waals surface area contributed by atoms with Gasteiger partial charge in [-0.3, -0.25) is 4.40 Å². The molecule has 0 bridgehead atoms. The van der Waals surface area contributed by atoms with Gasteiger partial charge in [-0.05, 0) is 36.4 Å². The van der Waals surface area contributed by atoms with E-state index in [1.54, 1.807) is 42.7 Å². The van der Waals surface area contributed by atoms with Gasteiger partial charge in [-0.1, -0.05) is 12.1 Å². The number of sulfone groups is 1. The molecule has 0 atom stereocenters. The molecule has 0 radical (unpaired) electrons. The summed E-state index contributed by atoms with van der Waals surface area (Å²) in [6.45, 7) is 0. The smallest absolute Gasteiger partial charge is 0.175 e. The Morgan fingerprint density at radius 3 is 2.22 bits per heavy atom. The molecule has 4 aromatic rings. The van der Waals surface area contributed by atoms with Crippen LogP contribution in [-0.4, -0.2) is 29.0 Å². The molecule has 0 spiro atoms. The average molecular weight is 374 g/mol. The number of aromatic nitrogens is 3. The van der Waals surface area contributed by atoms with Crippen molar-refractivity contribution in [3.63, 3.8) is 0 Å². The van der Waals surface area contributed by atoms with Crippen LogP contribution in [0.5, 0.6) is 0 Å². The van der Waals surface area contributed by atoms with Crippen LogP contribution in [-0.2, 0) is 9.84 Å². The zero-order valence-corrected chi connectivity index (χ0v) is 15.2. The van der Waals surface area contributed by atoms with E-state index in [0.29, 0.717) is 5.69 Å². The minimum absolute atomic E-state index is 0.282. The lowest BCUT2D eigenvalue weighted by Crippen LogP contribution is -1.96. The first kappa shape index (κ1) is 16.9. The Bertz CT molecular complexity index is 1280. The van der Waals surface area contributed by atoms with Crippen molar-refractivity contribution in [1.82, 2.24) is 14.4 Å². The standard InChI is InChI=1S/C20H14N4O2S/c1-27(25,26)18-7-3-14(4-8-18)19-12-23-20-9-5-16(13-24(19)20)15-2-6-17(10-21)22-11-15/h2-9,11-13H,1H3. The van der Waals surface area contributed by atoms with Gasteiger partial charge in [-0.15, -0.1) is 0 Å². The number of rotatable bonds is 3. The third-order valence-corrected chi connectivity index (χ3v) is 5.42. The molecule has 132 valence electrons. The molecule has 7 heteroatoms. The van der Waals surface area contributed by atoms with Gasteiger partial charge in [0.25, 0.3) is 0 Å². The molecule has 6 nitrogen and oxygen atoms in total. The first-order valence-electron chi connectivity index (χ1n) is 8.10. The molecule has 0 saturated carbocycles. The highest BCUT2D eigenvalue weighted by Crippen LogP contribution is 2.26. The van der Waals surface area contributed by atoms with Crippen molar-refractivity contribution >= 4 is 15.5 Å². The van der Waals surface area contributed by atoms with Gasteiger partial charge in [0.05, 0.1) is 16.8 Å². The maximum atomic E-state index is 11.6. The molecule has 27 heavy (non-hydrogen) atoms. The monoisotopic (exact) mass is 374 g/mol. The molecule has 0 saturated heterocycles. The summed E-state index contributed by atoms with van der Waals surface area (Å²) in [5.74, 6) is 0. The quantitative estimate of drug-likeness (QED) is 0.549. The fraction of sp³-hybridized carbons (Fsp3) is 0.0500. The van der Waals surface area contributed by atoms with Crippen LogP contribution in [0.4, 0.5) is 0 Å². The molecule has 0 amide bonds. The predicted molar refractivity (Wildman–Crippen MR) is 102 cm³/mol. The molecule has 0 fully saturated rings. The summed E-state index contributed by atoms with van der Waals surface area (Å²) in [5, 5.41) is 8.88. The van der Waals surface area contributed by atoms with Crippen LogP contribution in [0, 0.1) is 11.3 Å². The fourth-order valence-electron chi connectivity index (χ4n) is 2.87. The van der Waals surface area contributed by atoms with E-state index in [9.17, 15) is 8.42 Å². The molecule has 4 rings (SSSR count). The van der Waals surface area contributed by atoms with Gasteiger partial charge in [-0.2, -0.15) is 5.26 Å². The van der Waals surface area contributed by atoms with Crippen molar-refractivity contribution in [2.45, 2.75) is 4.90 Å². The molecule has 0 aliphatic carbocycles. The highest BCUT2D eigenvalue weighted by molar-refractivity contribution is 7.90. The minimum Gasteiger partial charge on any atom is -0.299 e. The minimum atomic E-state index is -3.23. The van der Waals surface area contributed by atoms with E-state index in [2.05, 4.69) is 9.97 Å². The molecular formula is C20H14N4O2S. The predicted octanol–water partition coefficient (Wildman–Crippen LogP) is 3.34. The molecule has 3 aromatic heterocycles. The van der Waals surface area contributed by atoms with Crippen LogP contribution < -0.4 is 0 Å². The number of hydrogen-bond acceptors (Lipinski definition) is 5. The van der Waals surface area contributed by atoms with E-state index < -0.39 is 9.84 Å². The Morgan fingerprint density at radius 2 is 1.59 bits per heavy atom. The van der Waals surface area contributed by atoms with Crippen molar-refractivity contribution in [3.8, 4) is 28.5 Å². The molecule has 3 heterocycles. The van der Waals surface area contributed by atoms with Gasteiger partial charge in [0, 0.05) is 35.3 Å². The van der Waals surface area contributed by atoms with Crippen LogP contribution in [0.15, 0.2) is 72.0 Å². The van der Waals surface area contributed by atoms with Crippen molar-refractivity contribution in [2.24, 2.45) is 0 Å². The van der Waals surface area contributed by atoms with Crippen molar-refractivity contribution < 1.29 is 8.42 Å². The lowest BCUT2D eigenvalue weighted by molar-refractivity contribution is 0.602. The topological polar surface area (TPSA) is 88.1 Å². The van der Waals surface area contributed by atoms with E-state index in [1.165, 1.54) is 6.26 Å². The number of nitrogens with zero attached hydrogens (tertiary/aromatic N) is 4. The summed E-state index contributed by atoms with van der Waals surface area (Å²) in [7, 11) is -3.23. The largest absolute Gasteiger partial charge is 0.299 e. The van der Waals surface area contributed by atoms with Crippen molar-refractivity contribution in [1.29, 1.82) is 5.26 Å². The first-order chi connectivity index (χ1) is 13.0. The molecule has 1 aromatic carbocycles. The average Bonchev–Trinajstić information content (AvgIpc) is 3.10. The second kappa shape index (κ2) is 6.34. The van der Waals surface area contributed by atoms with Gasteiger partial charge in [0.1, 0.15) is 17.4 Å². The van der Waals surface area contributed by atoms with Crippen LogP contribution >= 0.6 is 0 Å². The Balaban J connectivity index is 1.79. The van der Waals surface area contributed by atoms with E-state index in [-0.39, 0.29) is 4.90 Å². The van der Waals surface area contributed by atoms with Crippen LogP contribution in [0.3, 0.4) is 0 Å². The van der Waals surface area contributed by atoms with Gasteiger partial charge in [0.2, 0.25) is 0 Å². The number of pyridine rings is 2. The highest BCUT2D eigenvalue weighted by Gasteiger charge is 2.10. The summed E-state index contributed by atoms with van der Waals surface area (Å²) in [5.41, 5.74) is 4.70. The summed E-state index contributed by atoms with van der Waals surface area (Å²) >= 11 is 0. The number of fused-ring (bicyclic) bond motifs is 1. The van der Waals surface area contributed by atoms with Crippen LogP contribution in [0.2, 0.25) is 0 Å². The molecule has 0 N–H and O–H groups in total. The molecular weight excluding hydrogens is 360 g/mol. The second-order valence-corrected chi connectivity index (χ2v) is 8.15. The van der Waals surface area contributed by atoms with Crippen molar-refractivity contribution in [3.05, 3.63) is 72.8 Å². The van der Waals surface area contributed by atoms with Gasteiger partial charge in [-0.25, -0.2) is 18.4 Å². The molecule has 0 aliphatic rings. The van der Waals surface area contributed by atoms with Crippen molar-refractivity contribution in [2.75, 3.05) is 6.26 Å². The Kier molecular flexibility index (Phi) is 3.98. The normalized spacial score (nSPS) is 11.4. The third-order valence-electron chi connectivity index (χ3n) is 4.30. The van der Waals surface area contributed by atoms with Gasteiger partial charge < -0.3 is 0 Å². The lowest BCUT2D eigenvalue weighted by atomic mass is 10.1. The van der Waals surface area contributed by atoms with Crippen LogP contribution in [0.1, 0.15) is 5.69 Å². The van der Waals surface area contributed by atoms with E-state index in [1.807, 2.05) is 34.9 Å². The number of nitriles is 1. The number of imidazole rings is 1. The van der Waals surface area contributed by atoms with Gasteiger partial charge in [0.15, 0.2) is 9.84 Å². The highest BCUT2D eigenvalue weighted by atomic mass is 32.2. The molecule has 0 unspecified atom stereocenters. The Labute approximate surface area is 156 Å². The van der Waals surface area contributed by atoms with Crippen LogP contribution in [0.25, 0.3) is 28.0 Å². The van der Waals surface area contributed by atoms with E-state index >= 15 is 0 Å². The Morgan fingerprint density at radius 1 is 0.889 bits per heavy atom. The first-order valence-corrected chi connectivity index (χ1v) is 9.99. The zero-order valence-electron chi connectivity index (χ0n) is 14.4. The lowest BCUT2D eigenvalue weighted by Gasteiger charge is -2.06. The van der Waals surface area contributed by atoms with Gasteiger partial charge >= 0.3 is 0 Å². The van der Waals surface area contributed by atoms with E-state index in [0.717, 1.165) is 28.0 Å². The zero-order chi connectivity index (χ0) is 19.0. The number of benzene rings is 1. The maximum absolute atomic E-state index is 11.6. The Hall–Kier alpha value is -3.50. The SMILES string of the molecule is CS(=O)(=O)c1ccc(-c2cnc3ccc(-c4ccc(C#N)nc4)cn23)cc1. The van der Waals surface area contributed by atoms with E-state index in [4.69, 9.17) is 5.26 Å². The summed E-state index contributed by atoms with van der Waals surface area (Å²) < 4.78 is 25.2.